The van der Waals surface area contributed by atoms with E-state index in [0.717, 1.165) is 28.0 Å². The minimum Gasteiger partial charge on any atom is -0.488 e. The number of fused-ring (bicyclic) bond motifs is 1. The van der Waals surface area contributed by atoms with Crippen molar-refractivity contribution in [2.24, 2.45) is 7.05 Å². The maximum atomic E-state index is 13.4. The molecule has 0 bridgehead atoms. The van der Waals surface area contributed by atoms with E-state index in [0.29, 0.717) is 35.5 Å². The van der Waals surface area contributed by atoms with Crippen molar-refractivity contribution < 1.29 is 14.3 Å². The van der Waals surface area contributed by atoms with E-state index in [4.69, 9.17) is 9.72 Å². The number of rotatable bonds is 10. The first-order valence-electron chi connectivity index (χ1n) is 12.3. The number of hydrogen-bond donors (Lipinski definition) is 0. The van der Waals surface area contributed by atoms with Crippen LogP contribution in [0.4, 0.5) is 0 Å². The van der Waals surface area contributed by atoms with Gasteiger partial charge in [0.1, 0.15) is 11.3 Å². The third kappa shape index (κ3) is 5.35. The van der Waals surface area contributed by atoms with E-state index in [9.17, 15) is 9.59 Å². The van der Waals surface area contributed by atoms with Crippen LogP contribution in [0.5, 0.6) is 5.75 Å². The first-order chi connectivity index (χ1) is 17.3. The Balaban J connectivity index is 1.73. The van der Waals surface area contributed by atoms with Crippen LogP contribution < -0.4 is 4.74 Å². The van der Waals surface area contributed by atoms with Gasteiger partial charge in [0.25, 0.3) is 0 Å². The second-order valence-corrected chi connectivity index (χ2v) is 9.26. The Kier molecular flexibility index (Phi) is 7.58. The average Bonchev–Trinajstić information content (AvgIpc) is 3.13. The lowest BCUT2D eigenvalue weighted by Crippen LogP contribution is -2.13. The normalized spacial score (nSPS) is 11.3. The van der Waals surface area contributed by atoms with Gasteiger partial charge in [-0.3, -0.25) is 19.6 Å². The van der Waals surface area contributed by atoms with Crippen LogP contribution in [0.3, 0.4) is 0 Å². The maximum absolute atomic E-state index is 13.4. The largest absolute Gasteiger partial charge is 0.488 e. The molecule has 3 aromatic heterocycles. The molecule has 1 aromatic carbocycles. The van der Waals surface area contributed by atoms with Crippen molar-refractivity contribution in [2.45, 2.75) is 59.5 Å². The number of hydrogen-bond acceptors (Lipinski definition) is 6. The summed E-state index contributed by atoms with van der Waals surface area (Å²) in [5, 5.41) is 0.748. The van der Waals surface area contributed by atoms with E-state index in [1.807, 2.05) is 75.7 Å². The van der Waals surface area contributed by atoms with Gasteiger partial charge in [0.2, 0.25) is 0 Å². The molecule has 0 aliphatic carbocycles. The van der Waals surface area contributed by atoms with Gasteiger partial charge in [-0.2, -0.15) is 0 Å². The first-order valence-corrected chi connectivity index (χ1v) is 12.3. The van der Waals surface area contributed by atoms with Gasteiger partial charge in [0.15, 0.2) is 17.3 Å². The quantitative estimate of drug-likeness (QED) is 0.285. The standard InChI is InChI=1S/C29H32N4O3/c1-6-24-21(15-26(35)20-10-8-7-9-11-20)14-23-28(36-18(2)3)27(33(5)29(23)32-24)25(34)13-12-22-17-30-19(4)16-31-22/h7-11,14,16-18H,6,12-13,15H2,1-5H3. The SMILES string of the molecule is CCc1nc2c(cc1CC(=O)c1ccccc1)c(OC(C)C)c(C(=O)CCc1cnc(C)cn1)n2C. The third-order valence-electron chi connectivity index (χ3n) is 6.13. The molecule has 36 heavy (non-hydrogen) atoms. The number of ether oxygens (including phenoxy) is 1. The van der Waals surface area contributed by atoms with Crippen LogP contribution in [0, 0.1) is 6.92 Å². The van der Waals surface area contributed by atoms with Gasteiger partial charge in [-0.1, -0.05) is 37.3 Å². The van der Waals surface area contributed by atoms with Crippen molar-refractivity contribution in [1.29, 1.82) is 0 Å². The van der Waals surface area contributed by atoms with Gasteiger partial charge < -0.3 is 9.30 Å². The predicted molar refractivity (Wildman–Crippen MR) is 140 cm³/mol. The molecule has 0 aliphatic heterocycles. The van der Waals surface area contributed by atoms with Crippen molar-refractivity contribution in [3.63, 3.8) is 0 Å². The number of aromatic nitrogens is 4. The molecule has 0 unspecified atom stereocenters. The van der Waals surface area contributed by atoms with E-state index >= 15 is 0 Å². The molecule has 3 heterocycles. The van der Waals surface area contributed by atoms with Crippen LogP contribution in [-0.2, 0) is 26.3 Å². The van der Waals surface area contributed by atoms with E-state index in [-0.39, 0.29) is 30.5 Å². The zero-order chi connectivity index (χ0) is 25.8. The van der Waals surface area contributed by atoms with Crippen LogP contribution in [0.2, 0.25) is 0 Å². The van der Waals surface area contributed by atoms with Crippen molar-refractivity contribution in [2.75, 3.05) is 0 Å². The van der Waals surface area contributed by atoms with Gasteiger partial charge in [-0.05, 0) is 45.2 Å². The second-order valence-electron chi connectivity index (χ2n) is 9.26. The predicted octanol–water partition coefficient (Wildman–Crippen LogP) is 5.26. The molecule has 0 aliphatic rings. The summed E-state index contributed by atoms with van der Waals surface area (Å²) in [5.41, 5.74) is 5.14. The highest BCUT2D eigenvalue weighted by molar-refractivity contribution is 6.05. The molecule has 0 atom stereocenters. The molecule has 0 spiro atoms. The fourth-order valence-electron chi connectivity index (χ4n) is 4.33. The van der Waals surface area contributed by atoms with E-state index in [2.05, 4.69) is 9.97 Å². The molecule has 0 fully saturated rings. The molecule has 7 heteroatoms. The molecule has 0 saturated carbocycles. The molecular formula is C29H32N4O3. The number of ketones is 2. The highest BCUT2D eigenvalue weighted by atomic mass is 16.5. The van der Waals surface area contributed by atoms with Gasteiger partial charge in [-0.25, -0.2) is 4.98 Å². The number of nitrogens with zero attached hydrogens (tertiary/aromatic N) is 4. The molecular weight excluding hydrogens is 452 g/mol. The Bertz CT molecular complexity index is 1390. The molecule has 0 amide bonds. The van der Waals surface area contributed by atoms with Crippen LogP contribution >= 0.6 is 0 Å². The van der Waals surface area contributed by atoms with Gasteiger partial charge >= 0.3 is 0 Å². The van der Waals surface area contributed by atoms with Gasteiger partial charge in [0.05, 0.1) is 22.9 Å². The zero-order valence-corrected chi connectivity index (χ0v) is 21.5. The minimum absolute atomic E-state index is 0.0317. The van der Waals surface area contributed by atoms with Crippen molar-refractivity contribution in [3.05, 3.63) is 82.7 Å². The van der Waals surface area contributed by atoms with E-state index in [1.165, 1.54) is 0 Å². The summed E-state index contributed by atoms with van der Waals surface area (Å²) in [6, 6.07) is 11.2. The highest BCUT2D eigenvalue weighted by Crippen LogP contribution is 2.35. The zero-order valence-electron chi connectivity index (χ0n) is 21.5. The van der Waals surface area contributed by atoms with Crippen molar-refractivity contribution in [1.82, 2.24) is 19.5 Å². The summed E-state index contributed by atoms with van der Waals surface area (Å²) in [5.74, 6) is 0.503. The van der Waals surface area contributed by atoms with Gasteiger partial charge in [0, 0.05) is 43.5 Å². The average molecular weight is 485 g/mol. The number of pyridine rings is 1. The number of carbonyl (C=O) groups excluding carboxylic acids is 2. The van der Waals surface area contributed by atoms with Crippen LogP contribution in [0.25, 0.3) is 11.0 Å². The molecule has 0 saturated heterocycles. The lowest BCUT2D eigenvalue weighted by Gasteiger charge is -2.12. The van der Waals surface area contributed by atoms with Crippen LogP contribution in [-0.4, -0.2) is 37.2 Å². The molecule has 7 nitrogen and oxygen atoms in total. The number of carbonyl (C=O) groups is 2. The summed E-state index contributed by atoms with van der Waals surface area (Å²) < 4.78 is 8.01. The fourth-order valence-corrected chi connectivity index (χ4v) is 4.33. The lowest BCUT2D eigenvalue weighted by atomic mass is 10.00. The summed E-state index contributed by atoms with van der Waals surface area (Å²) in [7, 11) is 1.84. The second kappa shape index (κ2) is 10.8. The number of Topliss-reactive ketones (excluding diaryl/α,β-unsaturated/α-hetero) is 2. The fraction of sp³-hybridized carbons (Fsp3) is 0.345. The summed E-state index contributed by atoms with van der Waals surface area (Å²) in [6.07, 6.45) is 4.95. The number of aryl methyl sites for hydroxylation is 4. The Morgan fingerprint density at radius 3 is 2.44 bits per heavy atom. The van der Waals surface area contributed by atoms with E-state index < -0.39 is 0 Å². The van der Waals surface area contributed by atoms with Crippen LogP contribution in [0.1, 0.15) is 70.7 Å². The highest BCUT2D eigenvalue weighted by Gasteiger charge is 2.26. The molecule has 0 radical (unpaired) electrons. The first kappa shape index (κ1) is 25.2. The maximum Gasteiger partial charge on any atom is 0.183 e. The van der Waals surface area contributed by atoms with Crippen molar-refractivity contribution in [3.8, 4) is 5.75 Å². The Morgan fingerprint density at radius 2 is 1.81 bits per heavy atom. The molecule has 4 rings (SSSR count). The van der Waals surface area contributed by atoms with Gasteiger partial charge in [-0.15, -0.1) is 0 Å². The molecule has 4 aromatic rings. The summed E-state index contributed by atoms with van der Waals surface area (Å²) in [4.78, 5) is 40.0. The Morgan fingerprint density at radius 1 is 1.06 bits per heavy atom. The summed E-state index contributed by atoms with van der Waals surface area (Å²) in [6.45, 7) is 7.77. The molecule has 186 valence electrons. The minimum atomic E-state index is -0.134. The summed E-state index contributed by atoms with van der Waals surface area (Å²) >= 11 is 0. The van der Waals surface area contributed by atoms with E-state index in [1.54, 1.807) is 12.4 Å². The monoisotopic (exact) mass is 484 g/mol. The lowest BCUT2D eigenvalue weighted by molar-refractivity contribution is 0.0966. The Labute approximate surface area is 211 Å². The van der Waals surface area contributed by atoms with Crippen LogP contribution in [0.15, 0.2) is 48.8 Å². The Hall–Kier alpha value is -3.87. The van der Waals surface area contributed by atoms with Crippen molar-refractivity contribution >= 4 is 22.6 Å². The third-order valence-corrected chi connectivity index (χ3v) is 6.13. The molecule has 0 N–H and O–H groups in total. The number of benzene rings is 1. The smallest absolute Gasteiger partial charge is 0.183 e. The topological polar surface area (TPSA) is 87.0 Å².